The molecular weight excluding hydrogens is 360 g/mol. The van der Waals surface area contributed by atoms with Crippen molar-refractivity contribution in [3.05, 3.63) is 75.2 Å². The number of ether oxygens (including phenoxy) is 1. The van der Waals surface area contributed by atoms with E-state index < -0.39 is 5.97 Å². The summed E-state index contributed by atoms with van der Waals surface area (Å²) in [4.78, 5) is 28.5. The van der Waals surface area contributed by atoms with Crippen LogP contribution in [-0.2, 0) is 22.7 Å². The number of rotatable bonds is 4. The Labute approximate surface area is 140 Å². The first kappa shape index (κ1) is 15.4. The molecule has 3 aromatic rings. The summed E-state index contributed by atoms with van der Waals surface area (Å²) >= 11 is 3.33. The lowest BCUT2D eigenvalue weighted by molar-refractivity contribution is -0.145. The van der Waals surface area contributed by atoms with Crippen molar-refractivity contribution in [1.82, 2.24) is 9.55 Å². The highest BCUT2D eigenvalue weighted by Gasteiger charge is 2.09. The van der Waals surface area contributed by atoms with Crippen LogP contribution in [0.25, 0.3) is 10.9 Å². The van der Waals surface area contributed by atoms with Crippen molar-refractivity contribution in [2.45, 2.75) is 13.2 Å². The van der Waals surface area contributed by atoms with Crippen LogP contribution >= 0.6 is 15.9 Å². The van der Waals surface area contributed by atoms with E-state index in [1.54, 1.807) is 12.1 Å². The van der Waals surface area contributed by atoms with Gasteiger partial charge in [0.05, 0.1) is 17.2 Å². The van der Waals surface area contributed by atoms with E-state index in [4.69, 9.17) is 4.74 Å². The van der Waals surface area contributed by atoms with E-state index in [-0.39, 0.29) is 18.7 Å². The van der Waals surface area contributed by atoms with Gasteiger partial charge in [0.25, 0.3) is 5.56 Å². The van der Waals surface area contributed by atoms with Gasteiger partial charge in [-0.15, -0.1) is 0 Å². The van der Waals surface area contributed by atoms with Gasteiger partial charge in [-0.1, -0.05) is 46.3 Å². The van der Waals surface area contributed by atoms with Gasteiger partial charge in [-0.05, 0) is 23.8 Å². The molecule has 2 aromatic carbocycles. The van der Waals surface area contributed by atoms with Crippen molar-refractivity contribution in [3.63, 3.8) is 0 Å². The summed E-state index contributed by atoms with van der Waals surface area (Å²) in [7, 11) is 0. The number of nitrogens with zero attached hydrogens (tertiary/aromatic N) is 2. The number of carbonyl (C=O) groups excluding carboxylic acids is 1. The van der Waals surface area contributed by atoms with Crippen LogP contribution in [-0.4, -0.2) is 15.5 Å². The predicted molar refractivity (Wildman–Crippen MR) is 89.9 cm³/mol. The van der Waals surface area contributed by atoms with Gasteiger partial charge >= 0.3 is 5.97 Å². The first-order valence-corrected chi connectivity index (χ1v) is 7.77. The molecule has 0 N–H and O–H groups in total. The van der Waals surface area contributed by atoms with Gasteiger partial charge in [0.15, 0.2) is 0 Å². The van der Waals surface area contributed by atoms with Gasteiger partial charge in [-0.2, -0.15) is 0 Å². The van der Waals surface area contributed by atoms with Crippen molar-refractivity contribution < 1.29 is 9.53 Å². The summed E-state index contributed by atoms with van der Waals surface area (Å²) in [5, 5.41) is 0.456. The summed E-state index contributed by atoms with van der Waals surface area (Å²) in [5.41, 5.74) is 1.22. The van der Waals surface area contributed by atoms with E-state index in [9.17, 15) is 9.59 Å². The minimum Gasteiger partial charge on any atom is -0.459 e. The molecule has 0 unspecified atom stereocenters. The van der Waals surface area contributed by atoms with Gasteiger partial charge in [-0.3, -0.25) is 14.2 Å². The molecule has 1 aromatic heterocycles. The van der Waals surface area contributed by atoms with Crippen molar-refractivity contribution in [1.29, 1.82) is 0 Å². The van der Waals surface area contributed by atoms with Crippen molar-refractivity contribution in [2.24, 2.45) is 0 Å². The van der Waals surface area contributed by atoms with E-state index in [0.29, 0.717) is 10.9 Å². The van der Waals surface area contributed by atoms with Gasteiger partial charge in [-0.25, -0.2) is 4.98 Å². The molecule has 0 fully saturated rings. The molecule has 0 saturated carbocycles. The zero-order valence-electron chi connectivity index (χ0n) is 12.1. The highest BCUT2D eigenvalue weighted by molar-refractivity contribution is 9.10. The second kappa shape index (κ2) is 6.75. The quantitative estimate of drug-likeness (QED) is 0.660. The third-order valence-corrected chi connectivity index (χ3v) is 3.82. The largest absolute Gasteiger partial charge is 0.459 e. The minimum absolute atomic E-state index is 0.166. The molecular formula is C17H13BrN2O3. The topological polar surface area (TPSA) is 61.2 Å². The number of aromatic nitrogens is 2. The molecule has 0 amide bonds. The van der Waals surface area contributed by atoms with Crippen LogP contribution in [0.15, 0.2) is 64.1 Å². The fourth-order valence-corrected chi connectivity index (χ4v) is 2.53. The first-order valence-electron chi connectivity index (χ1n) is 6.98. The average Bonchev–Trinajstić information content (AvgIpc) is 2.57. The molecule has 6 heteroatoms. The van der Waals surface area contributed by atoms with Crippen LogP contribution in [0, 0.1) is 0 Å². The Kier molecular flexibility index (Phi) is 4.52. The molecule has 0 aliphatic carbocycles. The second-order valence-corrected chi connectivity index (χ2v) is 5.90. The Morgan fingerprint density at radius 1 is 1.17 bits per heavy atom. The summed E-state index contributed by atoms with van der Waals surface area (Å²) in [6.45, 7) is 0.0160. The number of hydrogen-bond acceptors (Lipinski definition) is 4. The predicted octanol–water partition coefficient (Wildman–Crippen LogP) is 2.90. The average molecular weight is 373 g/mol. The molecule has 0 radical (unpaired) electrons. The maximum absolute atomic E-state index is 12.4. The fraction of sp³-hybridized carbons (Fsp3) is 0.118. The molecule has 0 aliphatic rings. The number of fused-ring (bicyclic) bond motifs is 1. The second-order valence-electron chi connectivity index (χ2n) is 4.99. The normalized spacial score (nSPS) is 10.7. The number of esters is 1. The van der Waals surface area contributed by atoms with Crippen LogP contribution in [0.1, 0.15) is 5.56 Å². The maximum atomic E-state index is 12.4. The Balaban J connectivity index is 1.75. The van der Waals surface area contributed by atoms with E-state index >= 15 is 0 Å². The Morgan fingerprint density at radius 2 is 1.96 bits per heavy atom. The zero-order chi connectivity index (χ0) is 16.2. The lowest BCUT2D eigenvalue weighted by Gasteiger charge is -2.08. The molecule has 23 heavy (non-hydrogen) atoms. The van der Waals surface area contributed by atoms with Gasteiger partial charge < -0.3 is 4.74 Å². The van der Waals surface area contributed by atoms with Crippen LogP contribution in [0.3, 0.4) is 0 Å². The first-order chi connectivity index (χ1) is 11.1. The molecule has 116 valence electrons. The third-order valence-electron chi connectivity index (χ3n) is 3.33. The highest BCUT2D eigenvalue weighted by Crippen LogP contribution is 2.14. The SMILES string of the molecule is O=C(Cn1cnc2ccc(Br)cc2c1=O)OCc1ccccc1. The maximum Gasteiger partial charge on any atom is 0.326 e. The highest BCUT2D eigenvalue weighted by atomic mass is 79.9. The minimum atomic E-state index is -0.480. The Hall–Kier alpha value is -2.47. The Bertz CT molecular complexity index is 907. The summed E-state index contributed by atoms with van der Waals surface area (Å²) in [5.74, 6) is -0.480. The fourth-order valence-electron chi connectivity index (χ4n) is 2.17. The number of benzene rings is 2. The third kappa shape index (κ3) is 3.65. The van der Waals surface area contributed by atoms with Crippen LogP contribution in [0.2, 0.25) is 0 Å². The van der Waals surface area contributed by atoms with Crippen LogP contribution < -0.4 is 5.56 Å². The number of hydrogen-bond donors (Lipinski definition) is 0. The lowest BCUT2D eigenvalue weighted by Crippen LogP contribution is -2.25. The standard InChI is InChI=1S/C17H13BrN2O3/c18-13-6-7-15-14(8-13)17(22)20(11-19-15)9-16(21)23-10-12-4-2-1-3-5-12/h1-8,11H,9-10H2. The van der Waals surface area contributed by atoms with Gasteiger partial charge in [0.2, 0.25) is 0 Å². The monoisotopic (exact) mass is 372 g/mol. The molecule has 0 saturated heterocycles. The van der Waals surface area contributed by atoms with Gasteiger partial charge in [0.1, 0.15) is 13.2 Å². The molecule has 5 nitrogen and oxygen atoms in total. The van der Waals surface area contributed by atoms with Gasteiger partial charge in [0, 0.05) is 4.47 Å². The molecule has 0 atom stereocenters. The summed E-state index contributed by atoms with van der Waals surface area (Å²) < 4.78 is 7.22. The molecule has 1 heterocycles. The zero-order valence-corrected chi connectivity index (χ0v) is 13.7. The Morgan fingerprint density at radius 3 is 2.74 bits per heavy atom. The van der Waals surface area contributed by atoms with E-state index in [0.717, 1.165) is 10.0 Å². The number of halogens is 1. The molecule has 3 rings (SSSR count). The van der Waals surface area contributed by atoms with Crippen LogP contribution in [0.4, 0.5) is 0 Å². The van der Waals surface area contributed by atoms with Crippen molar-refractivity contribution in [3.8, 4) is 0 Å². The van der Waals surface area contributed by atoms with Crippen molar-refractivity contribution >= 4 is 32.8 Å². The molecule has 0 bridgehead atoms. The van der Waals surface area contributed by atoms with E-state index in [1.807, 2.05) is 36.4 Å². The molecule has 0 aliphatic heterocycles. The molecule has 0 spiro atoms. The number of carbonyl (C=O) groups is 1. The van der Waals surface area contributed by atoms with Crippen molar-refractivity contribution in [2.75, 3.05) is 0 Å². The summed E-state index contributed by atoms with van der Waals surface area (Å²) in [6.07, 6.45) is 1.36. The van der Waals surface area contributed by atoms with E-state index in [1.165, 1.54) is 10.9 Å². The van der Waals surface area contributed by atoms with Crippen LogP contribution in [0.5, 0.6) is 0 Å². The summed E-state index contributed by atoms with van der Waals surface area (Å²) in [6, 6.07) is 14.6. The van der Waals surface area contributed by atoms with E-state index in [2.05, 4.69) is 20.9 Å². The lowest BCUT2D eigenvalue weighted by atomic mass is 10.2. The smallest absolute Gasteiger partial charge is 0.326 e.